The molecule has 0 N–H and O–H groups in total. The summed E-state index contributed by atoms with van der Waals surface area (Å²) in [6.07, 6.45) is 0. The van der Waals surface area contributed by atoms with Crippen molar-refractivity contribution >= 4 is 31.5 Å². The molecule has 4 heteroatoms. The summed E-state index contributed by atoms with van der Waals surface area (Å²) in [4.78, 5) is 16.0. The van der Waals surface area contributed by atoms with Crippen molar-refractivity contribution in [2.45, 2.75) is 0 Å². The lowest BCUT2D eigenvalue weighted by molar-refractivity contribution is 1.07. The van der Waals surface area contributed by atoms with Gasteiger partial charge in [0, 0.05) is 36.9 Å². The van der Waals surface area contributed by atoms with E-state index in [1.54, 1.807) is 0 Å². The van der Waals surface area contributed by atoms with Crippen molar-refractivity contribution in [3.05, 3.63) is 224 Å². The topological polar surface area (TPSA) is 38.7 Å². The molecule has 2 aromatic heterocycles. The van der Waals surface area contributed by atoms with Gasteiger partial charge < -0.3 is 0 Å². The summed E-state index contributed by atoms with van der Waals surface area (Å²) in [5.74, 6) is 1.86. The van der Waals surface area contributed by atoms with Crippen LogP contribution in [0.1, 0.15) is 0 Å². The molecule has 0 saturated carbocycles. The molecule has 0 atom stereocenters. The average Bonchev–Trinajstić information content (AvgIpc) is 3.73. The number of hydrogen-bond acceptors (Lipinski definition) is 4. The molecule has 0 aliphatic carbocycles. The summed E-state index contributed by atoms with van der Waals surface area (Å²) in [5, 5.41) is 2.50. The second-order valence-corrected chi connectivity index (χ2v) is 16.3. The van der Waals surface area contributed by atoms with Gasteiger partial charge in [-0.2, -0.15) is 0 Å². The third kappa shape index (κ3) is 7.20. The minimum atomic E-state index is 0.615. The highest BCUT2D eigenvalue weighted by Crippen LogP contribution is 2.42. The molecular weight excluding hydrogens is 759 g/mol. The maximum absolute atomic E-state index is 5.36. The van der Waals surface area contributed by atoms with Gasteiger partial charge in [-0.1, -0.05) is 176 Å². The molecule has 0 aliphatic rings. The number of aromatic nitrogens is 3. The molecule has 61 heavy (non-hydrogen) atoms. The van der Waals surface area contributed by atoms with Crippen molar-refractivity contribution in [2.24, 2.45) is 0 Å². The molecule has 286 valence electrons. The zero-order chi connectivity index (χ0) is 40.5. The van der Waals surface area contributed by atoms with Gasteiger partial charge in [-0.3, -0.25) is 0 Å². The van der Waals surface area contributed by atoms with Crippen molar-refractivity contribution < 1.29 is 0 Å². The third-order valence-corrected chi connectivity index (χ3v) is 12.4. The number of rotatable bonds is 8. The van der Waals surface area contributed by atoms with Gasteiger partial charge in [0.25, 0.3) is 0 Å². The van der Waals surface area contributed by atoms with Gasteiger partial charge in [0.15, 0.2) is 17.5 Å². The summed E-state index contributed by atoms with van der Waals surface area (Å²) in [6, 6.07) is 79.4. The quantitative estimate of drug-likeness (QED) is 0.154. The highest BCUT2D eigenvalue weighted by Gasteiger charge is 2.18. The van der Waals surface area contributed by atoms with Gasteiger partial charge in [0.1, 0.15) is 0 Å². The summed E-state index contributed by atoms with van der Waals surface area (Å²) in [5.41, 5.74) is 14.1. The molecule has 9 aromatic carbocycles. The predicted molar refractivity (Wildman–Crippen MR) is 256 cm³/mol. The molecule has 3 nitrogen and oxygen atoms in total. The summed E-state index contributed by atoms with van der Waals surface area (Å²) < 4.78 is 2.44. The van der Waals surface area contributed by atoms with E-state index in [1.165, 1.54) is 31.3 Å². The number of hydrogen-bond donors (Lipinski definition) is 0. The largest absolute Gasteiger partial charge is 0.208 e. The molecule has 0 radical (unpaired) electrons. The second-order valence-electron chi connectivity index (χ2n) is 15.2. The second kappa shape index (κ2) is 15.8. The first-order chi connectivity index (χ1) is 30.2. The Hall–Kier alpha value is -7.79. The SMILES string of the molecule is c1ccc(-c2cc(-c3ccccc3)cc(-c3nc(-c4cc(-c5ccccc5)cc(-c5ccccc5)c4)nc(-c4ccc5c(c4)sc4cccc(-c6ccccc6)c45)n3)c2)cc1. The van der Waals surface area contributed by atoms with Gasteiger partial charge in [-0.15, -0.1) is 11.3 Å². The Labute approximate surface area is 359 Å². The highest BCUT2D eigenvalue weighted by atomic mass is 32.1. The van der Waals surface area contributed by atoms with Crippen molar-refractivity contribution in [1.29, 1.82) is 0 Å². The lowest BCUT2D eigenvalue weighted by Gasteiger charge is -2.14. The standard InChI is InChI=1S/C57H37N3S/c1-6-17-38(18-7-1)44-31-45(39-19-8-2-9-20-39)34-48(33-44)56-58-55(43-29-30-51-53(37-43)61-52-28-16-27-50(54(51)52)42-25-14-5-15-26-42)59-57(60-56)49-35-46(40-21-10-3-11-22-40)32-47(36-49)41-23-12-4-13-24-41/h1-37H. The molecule has 0 bridgehead atoms. The van der Waals surface area contributed by atoms with Gasteiger partial charge in [-0.25, -0.2) is 15.0 Å². The lowest BCUT2D eigenvalue weighted by atomic mass is 9.95. The Morgan fingerprint density at radius 2 is 0.623 bits per heavy atom. The molecule has 11 rings (SSSR count). The maximum atomic E-state index is 5.36. The molecule has 0 saturated heterocycles. The van der Waals surface area contributed by atoms with Crippen LogP contribution in [0, 0.1) is 0 Å². The molecule has 0 amide bonds. The summed E-state index contributed by atoms with van der Waals surface area (Å²) in [7, 11) is 0. The first-order valence-corrected chi connectivity index (χ1v) is 21.3. The van der Waals surface area contributed by atoms with Gasteiger partial charge in [0.2, 0.25) is 0 Å². The molecule has 2 heterocycles. The number of nitrogens with zero attached hydrogens (tertiary/aromatic N) is 3. The van der Waals surface area contributed by atoms with E-state index >= 15 is 0 Å². The smallest absolute Gasteiger partial charge is 0.164 e. The molecule has 0 fully saturated rings. The van der Waals surface area contributed by atoms with Crippen LogP contribution in [-0.4, -0.2) is 15.0 Å². The highest BCUT2D eigenvalue weighted by molar-refractivity contribution is 7.26. The van der Waals surface area contributed by atoms with Crippen LogP contribution in [0.25, 0.3) is 110 Å². The van der Waals surface area contributed by atoms with E-state index in [4.69, 9.17) is 15.0 Å². The zero-order valence-corrected chi connectivity index (χ0v) is 33.9. The van der Waals surface area contributed by atoms with Crippen LogP contribution in [0.4, 0.5) is 0 Å². The first kappa shape index (κ1) is 36.3. The normalized spacial score (nSPS) is 11.3. The Morgan fingerprint density at radius 1 is 0.246 bits per heavy atom. The van der Waals surface area contributed by atoms with Gasteiger partial charge in [-0.05, 0) is 104 Å². The maximum Gasteiger partial charge on any atom is 0.164 e. The van der Waals surface area contributed by atoms with E-state index in [-0.39, 0.29) is 0 Å². The zero-order valence-electron chi connectivity index (χ0n) is 33.1. The Balaban J connectivity index is 1.14. The number of thiophene rings is 1. The molecular formula is C57H37N3S. The van der Waals surface area contributed by atoms with Crippen LogP contribution in [0.2, 0.25) is 0 Å². The van der Waals surface area contributed by atoms with Crippen LogP contribution in [0.3, 0.4) is 0 Å². The molecule has 0 spiro atoms. The van der Waals surface area contributed by atoms with E-state index in [0.29, 0.717) is 17.5 Å². The van der Waals surface area contributed by atoms with Gasteiger partial charge >= 0.3 is 0 Å². The fraction of sp³-hybridized carbons (Fsp3) is 0. The van der Waals surface area contributed by atoms with Crippen LogP contribution in [0.15, 0.2) is 224 Å². The first-order valence-electron chi connectivity index (χ1n) is 20.5. The van der Waals surface area contributed by atoms with E-state index < -0.39 is 0 Å². The number of fused-ring (bicyclic) bond motifs is 3. The Morgan fingerprint density at radius 3 is 1.05 bits per heavy atom. The lowest BCUT2D eigenvalue weighted by Crippen LogP contribution is -2.01. The fourth-order valence-corrected chi connectivity index (χ4v) is 9.46. The van der Waals surface area contributed by atoms with E-state index in [1.807, 2.05) is 11.3 Å². The third-order valence-electron chi connectivity index (χ3n) is 11.3. The summed E-state index contributed by atoms with van der Waals surface area (Å²) in [6.45, 7) is 0. The van der Waals surface area contributed by atoms with Crippen LogP contribution in [0.5, 0.6) is 0 Å². The minimum absolute atomic E-state index is 0.615. The van der Waals surface area contributed by atoms with Crippen molar-refractivity contribution in [3.8, 4) is 89.8 Å². The minimum Gasteiger partial charge on any atom is -0.208 e. The predicted octanol–water partition coefficient (Wildman–Crippen LogP) is 15.6. The average molecular weight is 796 g/mol. The van der Waals surface area contributed by atoms with Crippen LogP contribution in [-0.2, 0) is 0 Å². The number of benzene rings is 9. The Bertz CT molecular complexity index is 3070. The van der Waals surface area contributed by atoms with E-state index in [9.17, 15) is 0 Å². The monoisotopic (exact) mass is 795 g/mol. The molecule has 11 aromatic rings. The van der Waals surface area contributed by atoms with Crippen molar-refractivity contribution in [1.82, 2.24) is 15.0 Å². The van der Waals surface area contributed by atoms with Gasteiger partial charge in [0.05, 0.1) is 0 Å². The Kier molecular flexibility index (Phi) is 9.38. The summed E-state index contributed by atoms with van der Waals surface area (Å²) >= 11 is 1.81. The van der Waals surface area contributed by atoms with Crippen LogP contribution >= 0.6 is 11.3 Å². The molecule has 0 aliphatic heterocycles. The van der Waals surface area contributed by atoms with Crippen molar-refractivity contribution in [2.75, 3.05) is 0 Å². The van der Waals surface area contributed by atoms with Crippen LogP contribution < -0.4 is 0 Å². The fourth-order valence-electron chi connectivity index (χ4n) is 8.29. The molecule has 0 unspecified atom stereocenters. The van der Waals surface area contributed by atoms with Crippen molar-refractivity contribution in [3.63, 3.8) is 0 Å². The van der Waals surface area contributed by atoms with E-state index in [0.717, 1.165) is 61.2 Å². The van der Waals surface area contributed by atoms with E-state index in [2.05, 4.69) is 224 Å².